The van der Waals surface area contributed by atoms with Gasteiger partial charge in [0.25, 0.3) is 0 Å². The lowest BCUT2D eigenvalue weighted by Gasteiger charge is -2.08. The van der Waals surface area contributed by atoms with E-state index in [9.17, 15) is 5.11 Å². The number of nitrogens with zero attached hydrogens (tertiary/aromatic N) is 2. The summed E-state index contributed by atoms with van der Waals surface area (Å²) in [5.41, 5.74) is 1.96. The normalized spacial score (nSPS) is 12.9. The standard InChI is InChI=1S/C9H17N3O/c1-4-8(13)5-10-9-6-12(3)11-7(9)2/h6,8,10,13H,4-5H2,1-3H3/t8-/m1/s1. The number of aromatic nitrogens is 2. The molecule has 4 heteroatoms. The molecule has 0 saturated carbocycles. The lowest BCUT2D eigenvalue weighted by atomic mass is 10.3. The predicted molar refractivity (Wildman–Crippen MR) is 52.7 cm³/mol. The summed E-state index contributed by atoms with van der Waals surface area (Å²) in [6.07, 6.45) is 2.41. The molecule has 0 radical (unpaired) electrons. The molecular formula is C9H17N3O. The summed E-state index contributed by atoms with van der Waals surface area (Å²) in [7, 11) is 1.88. The molecule has 0 aliphatic rings. The number of hydrogen-bond donors (Lipinski definition) is 2. The Hall–Kier alpha value is -1.03. The van der Waals surface area contributed by atoms with Crippen LogP contribution in [0.3, 0.4) is 0 Å². The summed E-state index contributed by atoms with van der Waals surface area (Å²) < 4.78 is 1.76. The van der Waals surface area contributed by atoms with E-state index in [2.05, 4.69) is 10.4 Å². The van der Waals surface area contributed by atoms with E-state index >= 15 is 0 Å². The summed E-state index contributed by atoms with van der Waals surface area (Å²) >= 11 is 0. The van der Waals surface area contributed by atoms with Crippen LogP contribution in [0.4, 0.5) is 5.69 Å². The molecule has 0 aliphatic carbocycles. The predicted octanol–water partition coefficient (Wildman–Crippen LogP) is 0.911. The highest BCUT2D eigenvalue weighted by Crippen LogP contribution is 2.11. The molecule has 0 amide bonds. The van der Waals surface area contributed by atoms with E-state index in [1.54, 1.807) is 4.68 Å². The highest BCUT2D eigenvalue weighted by atomic mass is 16.3. The van der Waals surface area contributed by atoms with Gasteiger partial charge in [0.05, 0.1) is 17.5 Å². The fraction of sp³-hybridized carbons (Fsp3) is 0.667. The molecule has 0 spiro atoms. The molecule has 4 nitrogen and oxygen atoms in total. The van der Waals surface area contributed by atoms with Gasteiger partial charge in [-0.1, -0.05) is 6.92 Å². The van der Waals surface area contributed by atoms with Crippen molar-refractivity contribution in [2.45, 2.75) is 26.4 Å². The summed E-state index contributed by atoms with van der Waals surface area (Å²) in [6.45, 7) is 4.49. The van der Waals surface area contributed by atoms with Crippen LogP contribution in [0.1, 0.15) is 19.0 Å². The van der Waals surface area contributed by atoms with E-state index in [0.29, 0.717) is 6.54 Å². The average molecular weight is 183 g/mol. The summed E-state index contributed by atoms with van der Waals surface area (Å²) in [5.74, 6) is 0. The van der Waals surface area contributed by atoms with Crippen LogP contribution in [-0.2, 0) is 7.05 Å². The largest absolute Gasteiger partial charge is 0.391 e. The molecule has 0 bridgehead atoms. The molecule has 13 heavy (non-hydrogen) atoms. The maximum atomic E-state index is 9.33. The van der Waals surface area contributed by atoms with Crippen LogP contribution >= 0.6 is 0 Å². The van der Waals surface area contributed by atoms with Gasteiger partial charge in [-0.3, -0.25) is 4.68 Å². The minimum absolute atomic E-state index is 0.278. The molecule has 1 rings (SSSR count). The maximum Gasteiger partial charge on any atom is 0.0824 e. The van der Waals surface area contributed by atoms with Gasteiger partial charge >= 0.3 is 0 Å². The van der Waals surface area contributed by atoms with Gasteiger partial charge in [-0.2, -0.15) is 5.10 Å². The van der Waals surface area contributed by atoms with Crippen molar-refractivity contribution >= 4 is 5.69 Å². The monoisotopic (exact) mass is 183 g/mol. The Balaban J connectivity index is 2.49. The third-order valence-electron chi connectivity index (χ3n) is 2.01. The zero-order valence-electron chi connectivity index (χ0n) is 8.41. The summed E-state index contributed by atoms with van der Waals surface area (Å²) in [5, 5.41) is 16.7. The number of hydrogen-bond acceptors (Lipinski definition) is 3. The third kappa shape index (κ3) is 2.73. The van der Waals surface area contributed by atoms with Crippen LogP contribution in [-0.4, -0.2) is 27.5 Å². The second-order valence-electron chi connectivity index (χ2n) is 3.24. The molecule has 74 valence electrons. The SMILES string of the molecule is CC[C@@H](O)CNc1cn(C)nc1C. The van der Waals surface area contributed by atoms with Crippen molar-refractivity contribution in [3.63, 3.8) is 0 Å². The van der Waals surface area contributed by atoms with E-state index < -0.39 is 0 Å². The van der Waals surface area contributed by atoms with Crippen molar-refractivity contribution in [2.24, 2.45) is 7.05 Å². The van der Waals surface area contributed by atoms with Gasteiger partial charge in [0.1, 0.15) is 0 Å². The van der Waals surface area contributed by atoms with Gasteiger partial charge in [-0.25, -0.2) is 0 Å². The Morgan fingerprint density at radius 3 is 2.85 bits per heavy atom. The molecule has 1 aromatic heterocycles. The summed E-state index contributed by atoms with van der Waals surface area (Å²) in [4.78, 5) is 0. The zero-order valence-corrected chi connectivity index (χ0v) is 8.41. The number of nitrogens with one attached hydrogen (secondary N) is 1. The van der Waals surface area contributed by atoms with E-state index in [-0.39, 0.29) is 6.10 Å². The Labute approximate surface area is 78.6 Å². The first-order valence-corrected chi connectivity index (χ1v) is 4.55. The van der Waals surface area contributed by atoms with Crippen molar-refractivity contribution < 1.29 is 5.11 Å². The molecular weight excluding hydrogens is 166 g/mol. The van der Waals surface area contributed by atoms with Gasteiger partial charge in [0.15, 0.2) is 0 Å². The minimum atomic E-state index is -0.278. The van der Waals surface area contributed by atoms with Crippen molar-refractivity contribution in [1.29, 1.82) is 0 Å². The minimum Gasteiger partial charge on any atom is -0.391 e. The topological polar surface area (TPSA) is 50.1 Å². The first kappa shape index (κ1) is 10.1. The molecule has 0 aliphatic heterocycles. The molecule has 1 atom stereocenters. The van der Waals surface area contributed by atoms with Crippen molar-refractivity contribution in [3.8, 4) is 0 Å². The van der Waals surface area contributed by atoms with Gasteiger partial charge in [-0.05, 0) is 13.3 Å². The Morgan fingerprint density at radius 2 is 2.38 bits per heavy atom. The molecule has 0 aromatic carbocycles. The molecule has 1 heterocycles. The quantitative estimate of drug-likeness (QED) is 0.729. The molecule has 2 N–H and O–H groups in total. The number of aliphatic hydroxyl groups is 1. The smallest absolute Gasteiger partial charge is 0.0824 e. The number of aliphatic hydroxyl groups excluding tert-OH is 1. The van der Waals surface area contributed by atoms with Crippen LogP contribution in [0.2, 0.25) is 0 Å². The fourth-order valence-electron chi connectivity index (χ4n) is 1.15. The van der Waals surface area contributed by atoms with E-state index in [1.165, 1.54) is 0 Å². The van der Waals surface area contributed by atoms with Gasteiger partial charge in [-0.15, -0.1) is 0 Å². The van der Waals surface area contributed by atoms with Crippen molar-refractivity contribution in [3.05, 3.63) is 11.9 Å². The number of aryl methyl sites for hydroxylation is 2. The third-order valence-corrected chi connectivity index (χ3v) is 2.01. The second-order valence-corrected chi connectivity index (χ2v) is 3.24. The number of rotatable bonds is 4. The Kier molecular flexibility index (Phi) is 3.31. The van der Waals surface area contributed by atoms with Crippen molar-refractivity contribution in [2.75, 3.05) is 11.9 Å². The van der Waals surface area contributed by atoms with E-state index in [1.807, 2.05) is 27.1 Å². The highest BCUT2D eigenvalue weighted by molar-refractivity contribution is 5.45. The van der Waals surface area contributed by atoms with Gasteiger partial charge in [0, 0.05) is 19.8 Å². The highest BCUT2D eigenvalue weighted by Gasteiger charge is 2.04. The Bertz CT molecular complexity index is 270. The summed E-state index contributed by atoms with van der Waals surface area (Å²) in [6, 6.07) is 0. The first-order valence-electron chi connectivity index (χ1n) is 4.55. The molecule has 0 unspecified atom stereocenters. The number of anilines is 1. The van der Waals surface area contributed by atoms with E-state index in [4.69, 9.17) is 0 Å². The van der Waals surface area contributed by atoms with Gasteiger partial charge < -0.3 is 10.4 Å². The lowest BCUT2D eigenvalue weighted by Crippen LogP contribution is -2.18. The van der Waals surface area contributed by atoms with Crippen LogP contribution in [0, 0.1) is 6.92 Å². The van der Waals surface area contributed by atoms with E-state index in [0.717, 1.165) is 17.8 Å². The maximum absolute atomic E-state index is 9.33. The lowest BCUT2D eigenvalue weighted by molar-refractivity contribution is 0.183. The Morgan fingerprint density at radius 1 is 1.69 bits per heavy atom. The van der Waals surface area contributed by atoms with Crippen LogP contribution < -0.4 is 5.32 Å². The van der Waals surface area contributed by atoms with Crippen LogP contribution in [0.5, 0.6) is 0 Å². The van der Waals surface area contributed by atoms with Crippen LogP contribution in [0.15, 0.2) is 6.20 Å². The zero-order chi connectivity index (χ0) is 9.84. The van der Waals surface area contributed by atoms with Crippen LogP contribution in [0.25, 0.3) is 0 Å². The fourth-order valence-corrected chi connectivity index (χ4v) is 1.15. The average Bonchev–Trinajstić information content (AvgIpc) is 2.41. The van der Waals surface area contributed by atoms with Gasteiger partial charge in [0.2, 0.25) is 0 Å². The molecule has 1 aromatic rings. The second kappa shape index (κ2) is 4.28. The first-order chi connectivity index (χ1) is 6.13. The van der Waals surface area contributed by atoms with Crippen molar-refractivity contribution in [1.82, 2.24) is 9.78 Å². The molecule has 0 fully saturated rings. The molecule has 0 saturated heterocycles.